The molecule has 10 heteroatoms. The van der Waals surface area contributed by atoms with Crippen LogP contribution in [0.4, 0.5) is 13.9 Å². The first-order chi connectivity index (χ1) is 15.0. The molecule has 6 nitrogen and oxygen atoms in total. The lowest BCUT2D eigenvalue weighted by Crippen LogP contribution is -2.50. The summed E-state index contributed by atoms with van der Waals surface area (Å²) in [5.74, 6) is -1.99. The van der Waals surface area contributed by atoms with Gasteiger partial charge in [0.25, 0.3) is 10.0 Å². The van der Waals surface area contributed by atoms with E-state index in [-0.39, 0.29) is 46.3 Å². The SMILES string of the molecule is CC1C(=O)OC2C1CCC1(C)Cc3sc(NS(=O)(=O)c4ccc(F)cc4F)nc3C(C)C21. The number of carbonyl (C=O) groups excluding carboxylic acids is 1. The molecule has 1 saturated carbocycles. The monoisotopic (exact) mass is 482 g/mol. The Morgan fingerprint density at radius 1 is 1.25 bits per heavy atom. The van der Waals surface area contributed by atoms with Gasteiger partial charge in [-0.05, 0) is 36.8 Å². The van der Waals surface area contributed by atoms with E-state index >= 15 is 0 Å². The molecule has 2 heterocycles. The predicted octanol–water partition coefficient (Wildman–Crippen LogP) is 4.48. The third-order valence-corrected chi connectivity index (χ3v) is 10.1. The van der Waals surface area contributed by atoms with Crippen molar-refractivity contribution in [3.63, 3.8) is 0 Å². The molecule has 0 bridgehead atoms. The Morgan fingerprint density at radius 3 is 2.72 bits per heavy atom. The molecule has 5 rings (SSSR count). The van der Waals surface area contributed by atoms with Gasteiger partial charge >= 0.3 is 5.97 Å². The zero-order valence-electron chi connectivity index (χ0n) is 17.9. The Labute approximate surface area is 189 Å². The number of thiazole rings is 1. The van der Waals surface area contributed by atoms with Gasteiger partial charge in [0.2, 0.25) is 0 Å². The van der Waals surface area contributed by atoms with Crippen molar-refractivity contribution in [3.05, 3.63) is 40.4 Å². The van der Waals surface area contributed by atoms with Gasteiger partial charge in [-0.25, -0.2) is 22.2 Å². The Bertz CT molecular complexity index is 1210. The van der Waals surface area contributed by atoms with E-state index in [1.807, 2.05) is 6.92 Å². The van der Waals surface area contributed by atoms with E-state index in [1.54, 1.807) is 0 Å². The van der Waals surface area contributed by atoms with Crippen molar-refractivity contribution in [1.82, 2.24) is 4.98 Å². The summed E-state index contributed by atoms with van der Waals surface area (Å²) in [6.07, 6.45) is 2.45. The molecule has 1 saturated heterocycles. The first kappa shape index (κ1) is 21.8. The minimum atomic E-state index is -4.26. The summed E-state index contributed by atoms with van der Waals surface area (Å²) in [6.45, 7) is 6.19. The van der Waals surface area contributed by atoms with Crippen molar-refractivity contribution in [1.29, 1.82) is 0 Å². The zero-order valence-corrected chi connectivity index (χ0v) is 19.5. The fraction of sp³-hybridized carbons (Fsp3) is 0.545. The molecule has 0 radical (unpaired) electrons. The number of halogens is 2. The van der Waals surface area contributed by atoms with E-state index in [9.17, 15) is 22.0 Å². The van der Waals surface area contributed by atoms with Gasteiger partial charge < -0.3 is 4.74 Å². The molecule has 2 aliphatic carbocycles. The Hall–Kier alpha value is -2.07. The first-order valence-electron chi connectivity index (χ1n) is 10.7. The van der Waals surface area contributed by atoms with Crippen LogP contribution >= 0.6 is 11.3 Å². The molecule has 172 valence electrons. The molecular formula is C22H24F2N2O4S2. The number of nitrogens with zero attached hydrogens (tertiary/aromatic N) is 1. The van der Waals surface area contributed by atoms with Crippen LogP contribution in [-0.4, -0.2) is 25.5 Å². The van der Waals surface area contributed by atoms with Crippen LogP contribution in [0.15, 0.2) is 23.1 Å². The minimum absolute atomic E-state index is 0.0216. The van der Waals surface area contributed by atoms with Crippen molar-refractivity contribution in [2.45, 2.75) is 57.0 Å². The van der Waals surface area contributed by atoms with E-state index in [0.29, 0.717) is 6.07 Å². The summed E-state index contributed by atoms with van der Waals surface area (Å²) in [5.41, 5.74) is 0.718. The first-order valence-corrected chi connectivity index (χ1v) is 13.0. The molecule has 1 N–H and O–H groups in total. The number of fused-ring (bicyclic) bond motifs is 4. The number of hydrogen-bond donors (Lipinski definition) is 1. The lowest BCUT2D eigenvalue weighted by atomic mass is 9.54. The van der Waals surface area contributed by atoms with Gasteiger partial charge in [0.1, 0.15) is 22.6 Å². The molecule has 0 amide bonds. The topological polar surface area (TPSA) is 85.4 Å². The van der Waals surface area contributed by atoms with Gasteiger partial charge in [-0.3, -0.25) is 9.52 Å². The van der Waals surface area contributed by atoms with Gasteiger partial charge in [-0.15, -0.1) is 11.3 Å². The third-order valence-electron chi connectivity index (χ3n) is 7.56. The van der Waals surface area contributed by atoms with Crippen LogP contribution in [0, 0.1) is 34.8 Å². The fourth-order valence-corrected chi connectivity index (χ4v) is 8.55. The summed E-state index contributed by atoms with van der Waals surface area (Å²) in [5, 5.41) is 0.154. The second kappa shape index (κ2) is 7.21. The maximum atomic E-state index is 14.1. The third kappa shape index (κ3) is 3.25. The maximum Gasteiger partial charge on any atom is 0.309 e. The summed E-state index contributed by atoms with van der Waals surface area (Å²) < 4.78 is 60.8. The second-order valence-electron chi connectivity index (χ2n) is 9.55. The Kier molecular flexibility index (Phi) is 4.91. The Balaban J connectivity index is 1.46. The number of benzene rings is 1. The summed E-state index contributed by atoms with van der Waals surface area (Å²) in [6, 6.07) is 2.34. The second-order valence-corrected chi connectivity index (χ2v) is 12.3. The lowest BCUT2D eigenvalue weighted by Gasteiger charge is -2.51. The summed E-state index contributed by atoms with van der Waals surface area (Å²) in [7, 11) is -4.26. The van der Waals surface area contributed by atoms with E-state index in [0.717, 1.165) is 42.0 Å². The fourth-order valence-electron chi connectivity index (χ4n) is 5.99. The van der Waals surface area contributed by atoms with Crippen LogP contribution in [0.25, 0.3) is 0 Å². The van der Waals surface area contributed by atoms with Crippen LogP contribution in [0.5, 0.6) is 0 Å². The number of sulfonamides is 1. The van der Waals surface area contributed by atoms with Crippen LogP contribution in [-0.2, 0) is 26.0 Å². The average Bonchev–Trinajstić information content (AvgIpc) is 3.20. The van der Waals surface area contributed by atoms with Gasteiger partial charge in [0.05, 0.1) is 11.6 Å². The molecule has 6 atom stereocenters. The van der Waals surface area contributed by atoms with Crippen molar-refractivity contribution < 1.29 is 26.7 Å². The highest BCUT2D eigenvalue weighted by molar-refractivity contribution is 7.93. The molecular weight excluding hydrogens is 458 g/mol. The molecule has 32 heavy (non-hydrogen) atoms. The van der Waals surface area contributed by atoms with Crippen LogP contribution in [0.2, 0.25) is 0 Å². The van der Waals surface area contributed by atoms with Gasteiger partial charge in [0, 0.05) is 28.7 Å². The van der Waals surface area contributed by atoms with Crippen molar-refractivity contribution in [3.8, 4) is 0 Å². The highest BCUT2D eigenvalue weighted by atomic mass is 32.2. The van der Waals surface area contributed by atoms with E-state index in [2.05, 4.69) is 23.6 Å². The smallest absolute Gasteiger partial charge is 0.309 e. The maximum absolute atomic E-state index is 14.1. The molecule has 1 aromatic carbocycles. The van der Waals surface area contributed by atoms with Crippen LogP contribution < -0.4 is 4.72 Å². The molecule has 3 aliphatic rings. The number of esters is 1. The molecule has 2 aromatic rings. The highest BCUT2D eigenvalue weighted by Gasteiger charge is 2.58. The number of anilines is 1. The van der Waals surface area contributed by atoms with E-state index < -0.39 is 26.6 Å². The number of rotatable bonds is 3. The van der Waals surface area contributed by atoms with Gasteiger partial charge in [-0.1, -0.05) is 20.8 Å². The van der Waals surface area contributed by atoms with Gasteiger partial charge in [-0.2, -0.15) is 0 Å². The van der Waals surface area contributed by atoms with Crippen molar-refractivity contribution >= 4 is 32.5 Å². The summed E-state index contributed by atoms with van der Waals surface area (Å²) >= 11 is 1.24. The number of hydrogen-bond acceptors (Lipinski definition) is 6. The van der Waals surface area contributed by atoms with E-state index in [1.165, 1.54) is 11.3 Å². The van der Waals surface area contributed by atoms with Crippen LogP contribution in [0.1, 0.15) is 50.1 Å². The zero-order chi connectivity index (χ0) is 23.0. The normalized spacial score (nSPS) is 33.8. The molecule has 6 unspecified atom stereocenters. The largest absolute Gasteiger partial charge is 0.461 e. The molecule has 1 aromatic heterocycles. The van der Waals surface area contributed by atoms with E-state index in [4.69, 9.17) is 4.74 Å². The van der Waals surface area contributed by atoms with Crippen molar-refractivity contribution in [2.24, 2.45) is 23.2 Å². The van der Waals surface area contributed by atoms with Gasteiger partial charge in [0.15, 0.2) is 5.13 Å². The van der Waals surface area contributed by atoms with Crippen LogP contribution in [0.3, 0.4) is 0 Å². The lowest BCUT2D eigenvalue weighted by molar-refractivity contribution is -0.149. The Morgan fingerprint density at radius 2 is 2.00 bits per heavy atom. The molecule has 1 aliphatic heterocycles. The number of ether oxygens (including phenoxy) is 1. The number of carbonyl (C=O) groups is 1. The standard InChI is InChI=1S/C22H24F2N2O4S2/c1-10-13-6-7-22(3)9-15-18(11(2)17(22)19(13)30-20(10)27)25-21(31-15)26-32(28,29)16-5-4-12(23)8-14(16)24/h4-5,8,10-11,13,17,19H,6-7,9H2,1-3H3,(H,25,26). The minimum Gasteiger partial charge on any atom is -0.461 e. The number of aromatic nitrogens is 1. The molecule has 2 fully saturated rings. The quantitative estimate of drug-likeness (QED) is 0.653. The summed E-state index contributed by atoms with van der Waals surface area (Å²) in [4.78, 5) is 17.2. The number of nitrogens with one attached hydrogen (secondary N) is 1. The van der Waals surface area contributed by atoms with Crippen molar-refractivity contribution in [2.75, 3.05) is 4.72 Å². The molecule has 0 spiro atoms. The average molecular weight is 483 g/mol. The highest BCUT2D eigenvalue weighted by Crippen LogP contribution is 2.59. The predicted molar refractivity (Wildman–Crippen MR) is 115 cm³/mol.